The highest BCUT2D eigenvalue weighted by molar-refractivity contribution is 5.64. The van der Waals surface area contributed by atoms with Crippen molar-refractivity contribution in [1.29, 1.82) is 0 Å². The van der Waals surface area contributed by atoms with Crippen LogP contribution in [0.3, 0.4) is 0 Å². The van der Waals surface area contributed by atoms with E-state index in [1.54, 1.807) is 0 Å². The van der Waals surface area contributed by atoms with E-state index >= 15 is 0 Å². The van der Waals surface area contributed by atoms with Crippen LogP contribution in [0.1, 0.15) is 25.7 Å². The van der Waals surface area contributed by atoms with Crippen LogP contribution in [0, 0.1) is 0 Å². The zero-order valence-corrected chi connectivity index (χ0v) is 15.4. The molecule has 0 atom stereocenters. The number of aromatic nitrogens is 2. The number of benzene rings is 1. The van der Waals surface area contributed by atoms with Crippen molar-refractivity contribution in [3.8, 4) is 11.3 Å². The van der Waals surface area contributed by atoms with Gasteiger partial charge in [0.1, 0.15) is 5.82 Å². The molecule has 1 aromatic carbocycles. The predicted molar refractivity (Wildman–Crippen MR) is 105 cm³/mol. The molecule has 1 saturated heterocycles. The lowest BCUT2D eigenvalue weighted by atomic mass is 10.1. The molecule has 5 heteroatoms. The second-order valence-electron chi connectivity index (χ2n) is 6.94. The summed E-state index contributed by atoms with van der Waals surface area (Å²) in [6.07, 6.45) is 4.86. The molecule has 1 aliphatic rings. The molecule has 0 radical (unpaired) electrons. The highest BCUT2D eigenvalue weighted by Gasteiger charge is 2.16. The van der Waals surface area contributed by atoms with Crippen molar-refractivity contribution >= 4 is 11.8 Å². The van der Waals surface area contributed by atoms with E-state index in [0.29, 0.717) is 0 Å². The number of nitrogens with zero attached hydrogens (tertiary/aromatic N) is 4. The predicted octanol–water partition coefficient (Wildman–Crippen LogP) is 3.50. The molecule has 5 nitrogen and oxygen atoms in total. The molecular formula is C20H29N5. The van der Waals surface area contributed by atoms with E-state index in [2.05, 4.69) is 59.5 Å². The minimum absolute atomic E-state index is 0.858. The second-order valence-corrected chi connectivity index (χ2v) is 6.94. The Morgan fingerprint density at radius 1 is 1.04 bits per heavy atom. The van der Waals surface area contributed by atoms with E-state index in [1.165, 1.54) is 19.3 Å². The Kier molecular flexibility index (Phi) is 6.23. The van der Waals surface area contributed by atoms with Gasteiger partial charge in [-0.2, -0.15) is 4.98 Å². The van der Waals surface area contributed by atoms with Gasteiger partial charge in [0.15, 0.2) is 0 Å². The summed E-state index contributed by atoms with van der Waals surface area (Å²) < 4.78 is 0. The van der Waals surface area contributed by atoms with E-state index in [0.717, 1.165) is 55.6 Å². The Hall–Kier alpha value is -2.14. The van der Waals surface area contributed by atoms with Crippen molar-refractivity contribution in [3.05, 3.63) is 36.4 Å². The van der Waals surface area contributed by atoms with Crippen LogP contribution < -0.4 is 10.2 Å². The average molecular weight is 339 g/mol. The van der Waals surface area contributed by atoms with Crippen LogP contribution in [0.2, 0.25) is 0 Å². The first kappa shape index (κ1) is 17.7. The Labute approximate surface area is 151 Å². The van der Waals surface area contributed by atoms with Crippen molar-refractivity contribution in [1.82, 2.24) is 14.9 Å². The molecule has 2 aromatic rings. The first-order chi connectivity index (χ1) is 12.2. The molecule has 0 spiro atoms. The minimum atomic E-state index is 0.858. The maximum Gasteiger partial charge on any atom is 0.227 e. The van der Waals surface area contributed by atoms with Crippen molar-refractivity contribution in [2.75, 3.05) is 50.5 Å². The molecule has 0 saturated carbocycles. The molecule has 1 N–H and O–H groups in total. The van der Waals surface area contributed by atoms with Gasteiger partial charge in [0, 0.05) is 31.3 Å². The number of anilines is 2. The molecule has 0 bridgehead atoms. The topological polar surface area (TPSA) is 44.3 Å². The quantitative estimate of drug-likeness (QED) is 0.782. The van der Waals surface area contributed by atoms with Crippen LogP contribution in [0.5, 0.6) is 0 Å². The summed E-state index contributed by atoms with van der Waals surface area (Å²) in [5.74, 6) is 1.78. The third kappa shape index (κ3) is 5.16. The number of nitrogens with one attached hydrogen (secondary N) is 1. The lowest BCUT2D eigenvalue weighted by molar-refractivity contribution is 0.405. The molecule has 1 aliphatic heterocycles. The summed E-state index contributed by atoms with van der Waals surface area (Å²) in [6, 6.07) is 12.4. The van der Waals surface area contributed by atoms with Gasteiger partial charge in [-0.25, -0.2) is 4.98 Å². The SMILES string of the molecule is CN(C)CCCNc1cc(-c2ccccc2)nc(N2CCCCC2)n1. The molecular weight excluding hydrogens is 310 g/mol. The van der Waals surface area contributed by atoms with E-state index in [1.807, 2.05) is 6.07 Å². The van der Waals surface area contributed by atoms with Crippen LogP contribution in [0.4, 0.5) is 11.8 Å². The van der Waals surface area contributed by atoms with Gasteiger partial charge in [0.05, 0.1) is 5.69 Å². The summed E-state index contributed by atoms with van der Waals surface area (Å²) in [5.41, 5.74) is 2.13. The van der Waals surface area contributed by atoms with Crippen molar-refractivity contribution in [2.24, 2.45) is 0 Å². The molecule has 2 heterocycles. The lowest BCUT2D eigenvalue weighted by Gasteiger charge is -2.27. The molecule has 1 aromatic heterocycles. The van der Waals surface area contributed by atoms with Crippen molar-refractivity contribution in [2.45, 2.75) is 25.7 Å². The van der Waals surface area contributed by atoms with Gasteiger partial charge in [0.25, 0.3) is 0 Å². The number of hydrogen-bond donors (Lipinski definition) is 1. The molecule has 0 aliphatic carbocycles. The fourth-order valence-electron chi connectivity index (χ4n) is 3.13. The van der Waals surface area contributed by atoms with Gasteiger partial charge in [-0.3, -0.25) is 0 Å². The van der Waals surface area contributed by atoms with Crippen LogP contribution in [0.25, 0.3) is 11.3 Å². The zero-order valence-electron chi connectivity index (χ0n) is 15.4. The smallest absolute Gasteiger partial charge is 0.227 e. The van der Waals surface area contributed by atoms with Crippen LogP contribution in [0.15, 0.2) is 36.4 Å². The van der Waals surface area contributed by atoms with Gasteiger partial charge in [-0.05, 0) is 46.3 Å². The molecule has 1 fully saturated rings. The standard InChI is InChI=1S/C20H29N5/c1-24(2)13-9-12-21-19-16-18(17-10-5-3-6-11-17)22-20(23-19)25-14-7-4-8-15-25/h3,5-6,10-11,16H,4,7-9,12-15H2,1-2H3,(H,21,22,23). The molecule has 25 heavy (non-hydrogen) atoms. The highest BCUT2D eigenvalue weighted by atomic mass is 15.3. The monoisotopic (exact) mass is 339 g/mol. The number of hydrogen-bond acceptors (Lipinski definition) is 5. The largest absolute Gasteiger partial charge is 0.370 e. The summed E-state index contributed by atoms with van der Waals surface area (Å²) in [4.78, 5) is 14.2. The summed E-state index contributed by atoms with van der Waals surface area (Å²) >= 11 is 0. The fraction of sp³-hybridized carbons (Fsp3) is 0.500. The normalized spacial score (nSPS) is 14.8. The molecule has 0 unspecified atom stereocenters. The third-order valence-electron chi connectivity index (χ3n) is 4.51. The Morgan fingerprint density at radius 2 is 1.80 bits per heavy atom. The number of rotatable bonds is 7. The highest BCUT2D eigenvalue weighted by Crippen LogP contribution is 2.24. The van der Waals surface area contributed by atoms with Gasteiger partial charge in [-0.1, -0.05) is 30.3 Å². The van der Waals surface area contributed by atoms with Gasteiger partial charge in [-0.15, -0.1) is 0 Å². The van der Waals surface area contributed by atoms with E-state index in [4.69, 9.17) is 9.97 Å². The number of piperidine rings is 1. The molecule has 134 valence electrons. The van der Waals surface area contributed by atoms with Gasteiger partial charge < -0.3 is 15.1 Å². The Balaban J connectivity index is 1.80. The zero-order chi connectivity index (χ0) is 17.5. The first-order valence-corrected chi connectivity index (χ1v) is 9.30. The van der Waals surface area contributed by atoms with Gasteiger partial charge in [0.2, 0.25) is 5.95 Å². The van der Waals surface area contributed by atoms with Crippen LogP contribution >= 0.6 is 0 Å². The van der Waals surface area contributed by atoms with Crippen molar-refractivity contribution in [3.63, 3.8) is 0 Å². The second kappa shape index (κ2) is 8.81. The average Bonchev–Trinajstić information content (AvgIpc) is 2.66. The summed E-state index contributed by atoms with van der Waals surface area (Å²) in [7, 11) is 4.21. The van der Waals surface area contributed by atoms with Gasteiger partial charge >= 0.3 is 0 Å². The Morgan fingerprint density at radius 3 is 2.52 bits per heavy atom. The van der Waals surface area contributed by atoms with E-state index in [-0.39, 0.29) is 0 Å². The summed E-state index contributed by atoms with van der Waals surface area (Å²) in [5, 5.41) is 3.49. The Bertz CT molecular complexity index is 650. The van der Waals surface area contributed by atoms with E-state index < -0.39 is 0 Å². The lowest BCUT2D eigenvalue weighted by Crippen LogP contribution is -2.31. The molecule has 0 amide bonds. The minimum Gasteiger partial charge on any atom is -0.370 e. The summed E-state index contributed by atoms with van der Waals surface area (Å²) in [6.45, 7) is 4.10. The molecule has 3 rings (SSSR count). The maximum absolute atomic E-state index is 4.85. The van der Waals surface area contributed by atoms with Crippen LogP contribution in [-0.2, 0) is 0 Å². The van der Waals surface area contributed by atoms with Crippen LogP contribution in [-0.4, -0.2) is 55.1 Å². The fourth-order valence-corrected chi connectivity index (χ4v) is 3.13. The van der Waals surface area contributed by atoms with Crippen molar-refractivity contribution < 1.29 is 0 Å². The van der Waals surface area contributed by atoms with E-state index in [9.17, 15) is 0 Å². The maximum atomic E-state index is 4.85. The first-order valence-electron chi connectivity index (χ1n) is 9.30. The third-order valence-corrected chi connectivity index (χ3v) is 4.51.